The summed E-state index contributed by atoms with van der Waals surface area (Å²) in [6.07, 6.45) is 1.41. The first kappa shape index (κ1) is 15.7. The van der Waals surface area contributed by atoms with E-state index < -0.39 is 10.1 Å². The first-order chi connectivity index (χ1) is 8.15. The van der Waals surface area contributed by atoms with Crippen LogP contribution in [0.15, 0.2) is 60.0 Å². The van der Waals surface area contributed by atoms with Crippen molar-refractivity contribution in [3.63, 3.8) is 0 Å². The van der Waals surface area contributed by atoms with Crippen molar-refractivity contribution in [2.45, 2.75) is 4.90 Å². The van der Waals surface area contributed by atoms with Crippen molar-refractivity contribution in [2.24, 2.45) is 0 Å². The Morgan fingerprint density at radius 1 is 1.11 bits per heavy atom. The van der Waals surface area contributed by atoms with E-state index >= 15 is 0 Å². The van der Waals surface area contributed by atoms with E-state index in [0.717, 1.165) is 5.39 Å². The van der Waals surface area contributed by atoms with Crippen molar-refractivity contribution < 1.29 is 12.6 Å². The Balaban J connectivity index is 0.00000162. The van der Waals surface area contributed by atoms with Gasteiger partial charge < -0.3 is 0 Å². The molecule has 0 heterocycles. The molecular formula is C13H14CaO3S. The van der Waals surface area contributed by atoms with E-state index in [1.165, 1.54) is 6.08 Å². The van der Waals surface area contributed by atoms with E-state index in [4.69, 9.17) is 4.18 Å². The molecule has 0 bridgehead atoms. The SMILES string of the molecule is C=CCOS(=O)(=O)c1cccc2ccccc12.[CaH2]. The van der Waals surface area contributed by atoms with Gasteiger partial charge in [-0.15, -0.1) is 6.58 Å². The van der Waals surface area contributed by atoms with Gasteiger partial charge in [0.1, 0.15) is 4.90 Å². The van der Waals surface area contributed by atoms with Gasteiger partial charge in [-0.3, -0.25) is 4.18 Å². The van der Waals surface area contributed by atoms with Crippen molar-refractivity contribution in [3.05, 3.63) is 55.1 Å². The molecule has 2 rings (SSSR count). The van der Waals surface area contributed by atoms with Gasteiger partial charge in [-0.2, -0.15) is 8.42 Å². The van der Waals surface area contributed by atoms with Gasteiger partial charge in [0.25, 0.3) is 10.1 Å². The summed E-state index contributed by atoms with van der Waals surface area (Å²) in [5.41, 5.74) is 0. The predicted molar refractivity (Wildman–Crippen MR) is 75.8 cm³/mol. The van der Waals surface area contributed by atoms with E-state index in [-0.39, 0.29) is 49.2 Å². The van der Waals surface area contributed by atoms with Crippen LogP contribution >= 0.6 is 0 Å². The third-order valence-corrected chi connectivity index (χ3v) is 3.70. The number of hydrogen-bond donors (Lipinski definition) is 0. The molecule has 92 valence electrons. The zero-order valence-electron chi connectivity index (χ0n) is 9.17. The van der Waals surface area contributed by atoms with Crippen LogP contribution in [0.2, 0.25) is 0 Å². The molecule has 0 unspecified atom stereocenters. The molecule has 0 N–H and O–H groups in total. The van der Waals surface area contributed by atoms with E-state index in [1.54, 1.807) is 24.3 Å². The first-order valence-corrected chi connectivity index (χ1v) is 6.54. The normalized spacial score (nSPS) is 10.9. The van der Waals surface area contributed by atoms with Crippen LogP contribution in [0.1, 0.15) is 0 Å². The van der Waals surface area contributed by atoms with Crippen LogP contribution in [-0.4, -0.2) is 52.8 Å². The molecule has 0 aliphatic carbocycles. The Morgan fingerprint density at radius 3 is 2.50 bits per heavy atom. The van der Waals surface area contributed by atoms with Gasteiger partial charge in [0.2, 0.25) is 0 Å². The summed E-state index contributed by atoms with van der Waals surface area (Å²) >= 11 is 0. The molecule has 0 fully saturated rings. The van der Waals surface area contributed by atoms with Gasteiger partial charge >= 0.3 is 37.7 Å². The molecule has 5 heteroatoms. The predicted octanol–water partition coefficient (Wildman–Crippen LogP) is 1.81. The van der Waals surface area contributed by atoms with Crippen LogP contribution in [-0.2, 0) is 14.3 Å². The third kappa shape index (κ3) is 3.33. The summed E-state index contributed by atoms with van der Waals surface area (Å²) < 4.78 is 28.7. The van der Waals surface area contributed by atoms with Gasteiger partial charge in [0.15, 0.2) is 0 Å². The van der Waals surface area contributed by atoms with Gasteiger partial charge in [-0.25, -0.2) is 0 Å². The van der Waals surface area contributed by atoms with E-state index in [1.807, 2.05) is 18.2 Å². The molecule has 0 saturated carbocycles. The topological polar surface area (TPSA) is 43.4 Å². The summed E-state index contributed by atoms with van der Waals surface area (Å²) in [7, 11) is -3.72. The molecule has 3 nitrogen and oxygen atoms in total. The monoisotopic (exact) mass is 290 g/mol. The van der Waals surface area contributed by atoms with Crippen LogP contribution in [0.25, 0.3) is 10.8 Å². The average Bonchev–Trinajstić information content (AvgIpc) is 2.36. The molecule has 0 amide bonds. The zero-order valence-corrected chi connectivity index (χ0v) is 9.98. The van der Waals surface area contributed by atoms with Crippen molar-refractivity contribution in [1.82, 2.24) is 0 Å². The Kier molecular flexibility index (Phi) is 5.82. The molecule has 0 saturated heterocycles. The number of fused-ring (bicyclic) bond motifs is 1. The van der Waals surface area contributed by atoms with Crippen LogP contribution in [0.5, 0.6) is 0 Å². The Labute approximate surface area is 137 Å². The van der Waals surface area contributed by atoms with Gasteiger partial charge in [-0.1, -0.05) is 42.5 Å². The molecule has 18 heavy (non-hydrogen) atoms. The maximum absolute atomic E-state index is 11.9. The third-order valence-electron chi connectivity index (χ3n) is 2.36. The molecular weight excluding hydrogens is 276 g/mol. The van der Waals surface area contributed by atoms with Crippen molar-refractivity contribution in [2.75, 3.05) is 6.61 Å². The quantitative estimate of drug-likeness (QED) is 0.490. The summed E-state index contributed by atoms with van der Waals surface area (Å²) in [5.74, 6) is 0. The first-order valence-electron chi connectivity index (χ1n) is 5.13. The molecule has 0 radical (unpaired) electrons. The standard InChI is InChI=1S/C13H12O3S.Ca.2H/c1-2-10-16-17(14,15)13-9-5-7-11-6-3-4-8-12(11)13;;;/h2-9H,1,10H2;;;. The second-order valence-corrected chi connectivity index (χ2v) is 5.09. The summed E-state index contributed by atoms with van der Waals surface area (Å²) in [6.45, 7) is 3.41. The summed E-state index contributed by atoms with van der Waals surface area (Å²) in [5, 5.41) is 1.54. The van der Waals surface area contributed by atoms with Crippen molar-refractivity contribution in [3.8, 4) is 0 Å². The van der Waals surface area contributed by atoms with Crippen molar-refractivity contribution >= 4 is 58.6 Å². The fourth-order valence-corrected chi connectivity index (χ4v) is 2.72. The van der Waals surface area contributed by atoms with Crippen LogP contribution in [0.4, 0.5) is 0 Å². The van der Waals surface area contributed by atoms with E-state index in [0.29, 0.717) is 5.39 Å². The minimum atomic E-state index is -3.72. The second-order valence-electron chi connectivity index (χ2n) is 3.50. The van der Waals surface area contributed by atoms with E-state index in [2.05, 4.69) is 6.58 Å². The number of rotatable bonds is 4. The van der Waals surface area contributed by atoms with Crippen LogP contribution < -0.4 is 0 Å². The molecule has 0 aliphatic rings. The number of benzene rings is 2. The molecule has 0 atom stereocenters. The van der Waals surface area contributed by atoms with Crippen LogP contribution in [0, 0.1) is 0 Å². The fourth-order valence-electron chi connectivity index (χ4n) is 1.61. The molecule has 0 aromatic heterocycles. The Hall–Kier alpha value is -0.390. The summed E-state index contributed by atoms with van der Waals surface area (Å²) in [6, 6.07) is 12.4. The summed E-state index contributed by atoms with van der Waals surface area (Å²) in [4.78, 5) is 0.192. The van der Waals surface area contributed by atoms with Gasteiger partial charge in [0, 0.05) is 5.39 Å². The van der Waals surface area contributed by atoms with E-state index in [9.17, 15) is 8.42 Å². The Bertz CT molecular complexity index is 645. The molecule has 0 aliphatic heterocycles. The Morgan fingerprint density at radius 2 is 1.78 bits per heavy atom. The second kappa shape index (κ2) is 6.68. The maximum atomic E-state index is 11.9. The molecule has 2 aromatic rings. The fraction of sp³-hybridized carbons (Fsp3) is 0.0769. The average molecular weight is 290 g/mol. The minimum absolute atomic E-state index is 0. The molecule has 0 spiro atoms. The molecule has 2 aromatic carbocycles. The van der Waals surface area contributed by atoms with Crippen LogP contribution in [0.3, 0.4) is 0 Å². The van der Waals surface area contributed by atoms with Crippen molar-refractivity contribution in [1.29, 1.82) is 0 Å². The van der Waals surface area contributed by atoms with Gasteiger partial charge in [0.05, 0.1) is 6.61 Å². The van der Waals surface area contributed by atoms with Gasteiger partial charge in [-0.05, 0) is 11.5 Å². The zero-order chi connectivity index (χ0) is 12.3. The number of hydrogen-bond acceptors (Lipinski definition) is 3.